The Morgan fingerprint density at radius 1 is 1.30 bits per heavy atom. The Hall–Kier alpha value is -1.43. The molecule has 0 N–H and O–H groups in total. The van der Waals surface area contributed by atoms with Crippen LogP contribution in [0.5, 0.6) is 0 Å². The zero-order chi connectivity index (χ0) is 14.7. The number of esters is 1. The smallest absolute Gasteiger partial charge is 0.360 e. The minimum absolute atomic E-state index is 0.264. The van der Waals surface area contributed by atoms with Crippen LogP contribution in [0.2, 0.25) is 0 Å². The van der Waals surface area contributed by atoms with Crippen LogP contribution in [-0.4, -0.2) is 35.2 Å². The molecule has 6 nitrogen and oxygen atoms in total. The predicted octanol–water partition coefficient (Wildman–Crippen LogP) is 2.21. The molecule has 20 heavy (non-hydrogen) atoms. The number of carbonyl (C=O) groups excluding carboxylic acids is 1. The second-order valence-corrected chi connectivity index (χ2v) is 5.68. The van der Waals surface area contributed by atoms with Crippen molar-refractivity contribution in [2.24, 2.45) is 11.8 Å². The van der Waals surface area contributed by atoms with Gasteiger partial charge < -0.3 is 9.47 Å². The van der Waals surface area contributed by atoms with Crippen molar-refractivity contribution in [1.29, 1.82) is 0 Å². The fraction of sp³-hybridized carbons (Fsp3) is 0.786. The van der Waals surface area contributed by atoms with Gasteiger partial charge in [-0.05, 0) is 31.1 Å². The number of methoxy groups -OCH3 is 2. The van der Waals surface area contributed by atoms with Gasteiger partial charge in [0.25, 0.3) is 0 Å². The third-order valence-corrected chi connectivity index (χ3v) is 4.37. The van der Waals surface area contributed by atoms with E-state index in [2.05, 4.69) is 24.2 Å². The van der Waals surface area contributed by atoms with Gasteiger partial charge in [-0.1, -0.05) is 19.1 Å². The highest BCUT2D eigenvalue weighted by molar-refractivity contribution is 5.88. The fourth-order valence-electron chi connectivity index (χ4n) is 2.87. The Morgan fingerprint density at radius 2 is 2.05 bits per heavy atom. The van der Waals surface area contributed by atoms with E-state index < -0.39 is 5.97 Å². The second-order valence-electron chi connectivity index (χ2n) is 5.68. The third-order valence-electron chi connectivity index (χ3n) is 4.37. The van der Waals surface area contributed by atoms with Crippen LogP contribution in [0, 0.1) is 11.8 Å². The molecule has 1 aliphatic carbocycles. The van der Waals surface area contributed by atoms with Gasteiger partial charge in [-0.3, -0.25) is 0 Å². The monoisotopic (exact) mass is 281 g/mol. The lowest BCUT2D eigenvalue weighted by Gasteiger charge is -2.32. The van der Waals surface area contributed by atoms with Crippen molar-refractivity contribution in [3.63, 3.8) is 0 Å². The van der Waals surface area contributed by atoms with E-state index in [1.807, 2.05) is 4.68 Å². The van der Waals surface area contributed by atoms with Crippen LogP contribution in [0.4, 0.5) is 0 Å². The summed E-state index contributed by atoms with van der Waals surface area (Å²) >= 11 is 0. The van der Waals surface area contributed by atoms with Crippen molar-refractivity contribution in [3.05, 3.63) is 11.4 Å². The molecule has 1 aliphatic rings. The Labute approximate surface area is 119 Å². The quantitative estimate of drug-likeness (QED) is 0.792. The Morgan fingerprint density at radius 3 is 2.65 bits per heavy atom. The second kappa shape index (κ2) is 6.35. The van der Waals surface area contributed by atoms with Crippen LogP contribution in [0.3, 0.4) is 0 Å². The van der Waals surface area contributed by atoms with E-state index in [1.54, 1.807) is 7.11 Å². The summed E-state index contributed by atoms with van der Waals surface area (Å²) in [7, 11) is 2.95. The molecule has 1 heterocycles. The summed E-state index contributed by atoms with van der Waals surface area (Å²) in [6, 6.07) is 0.289. The molecule has 0 aliphatic heterocycles. The van der Waals surface area contributed by atoms with Gasteiger partial charge in [-0.25, -0.2) is 9.48 Å². The topological polar surface area (TPSA) is 66.2 Å². The van der Waals surface area contributed by atoms with Crippen LogP contribution in [-0.2, 0) is 16.1 Å². The maximum absolute atomic E-state index is 11.7. The van der Waals surface area contributed by atoms with E-state index in [1.165, 1.54) is 13.5 Å². The van der Waals surface area contributed by atoms with Crippen LogP contribution in [0.25, 0.3) is 0 Å². The largest absolute Gasteiger partial charge is 0.464 e. The first-order valence-electron chi connectivity index (χ1n) is 7.09. The van der Waals surface area contributed by atoms with Crippen LogP contribution in [0.1, 0.15) is 55.3 Å². The van der Waals surface area contributed by atoms with E-state index in [0.29, 0.717) is 18.2 Å². The molecular formula is C14H23N3O3. The van der Waals surface area contributed by atoms with Gasteiger partial charge in [0, 0.05) is 7.11 Å². The zero-order valence-electron chi connectivity index (χ0n) is 12.6. The van der Waals surface area contributed by atoms with Crippen molar-refractivity contribution >= 4 is 5.97 Å². The van der Waals surface area contributed by atoms with Crippen LogP contribution >= 0.6 is 0 Å². The van der Waals surface area contributed by atoms with Gasteiger partial charge >= 0.3 is 5.97 Å². The number of carbonyl (C=O) groups is 1. The number of ether oxygens (including phenoxy) is 2. The highest BCUT2D eigenvalue weighted by Gasteiger charge is 2.30. The molecule has 0 saturated heterocycles. The Balaban J connectivity index is 2.27. The molecule has 3 unspecified atom stereocenters. The lowest BCUT2D eigenvalue weighted by molar-refractivity contribution is 0.0588. The highest BCUT2D eigenvalue weighted by Crippen LogP contribution is 2.36. The molecule has 0 aromatic carbocycles. The summed E-state index contributed by atoms with van der Waals surface area (Å²) in [6.07, 6.45) is 3.29. The molecule has 1 fully saturated rings. The molecular weight excluding hydrogens is 258 g/mol. The summed E-state index contributed by atoms with van der Waals surface area (Å²) in [5, 5.41) is 8.16. The molecule has 112 valence electrons. The van der Waals surface area contributed by atoms with Gasteiger partial charge in [-0.15, -0.1) is 5.10 Å². The SMILES string of the molecule is COCc1c(C(=O)OC)nnn1C1CCC(C)C(C)C1. The molecule has 1 saturated carbocycles. The highest BCUT2D eigenvalue weighted by atomic mass is 16.5. The Bertz CT molecular complexity index is 472. The molecule has 2 rings (SSSR count). The molecule has 3 atom stereocenters. The van der Waals surface area contributed by atoms with E-state index in [9.17, 15) is 4.79 Å². The summed E-state index contributed by atoms with van der Waals surface area (Å²) in [6.45, 7) is 4.88. The predicted molar refractivity (Wildman–Crippen MR) is 73.3 cm³/mol. The number of aromatic nitrogens is 3. The van der Waals surface area contributed by atoms with Gasteiger partial charge in [-0.2, -0.15) is 0 Å². The van der Waals surface area contributed by atoms with Crippen molar-refractivity contribution < 1.29 is 14.3 Å². The van der Waals surface area contributed by atoms with Gasteiger partial charge in [0.05, 0.1) is 25.5 Å². The Kier molecular flexibility index (Phi) is 4.75. The van der Waals surface area contributed by atoms with Crippen LogP contribution in [0.15, 0.2) is 0 Å². The maximum atomic E-state index is 11.7. The molecule has 1 aromatic rings. The number of hydrogen-bond acceptors (Lipinski definition) is 5. The first kappa shape index (κ1) is 15.0. The number of hydrogen-bond donors (Lipinski definition) is 0. The maximum Gasteiger partial charge on any atom is 0.360 e. The normalized spacial score (nSPS) is 26.5. The van der Waals surface area contributed by atoms with Crippen molar-refractivity contribution in [1.82, 2.24) is 15.0 Å². The number of nitrogens with zero attached hydrogens (tertiary/aromatic N) is 3. The summed E-state index contributed by atoms with van der Waals surface area (Å²) in [5.74, 6) is 0.927. The standard InChI is InChI=1S/C14H23N3O3/c1-9-5-6-11(7-10(9)2)17-12(8-19-3)13(15-16-17)14(18)20-4/h9-11H,5-8H2,1-4H3. The molecule has 0 spiro atoms. The average Bonchev–Trinajstić information content (AvgIpc) is 2.85. The van der Waals surface area contributed by atoms with Gasteiger partial charge in [0.1, 0.15) is 0 Å². The van der Waals surface area contributed by atoms with E-state index in [-0.39, 0.29) is 11.7 Å². The fourth-order valence-corrected chi connectivity index (χ4v) is 2.87. The molecule has 0 bridgehead atoms. The number of rotatable bonds is 4. The van der Waals surface area contributed by atoms with Crippen molar-refractivity contribution in [3.8, 4) is 0 Å². The third kappa shape index (κ3) is 2.85. The van der Waals surface area contributed by atoms with Gasteiger partial charge in [0.2, 0.25) is 0 Å². The average molecular weight is 281 g/mol. The molecule has 6 heteroatoms. The van der Waals surface area contributed by atoms with Crippen LogP contribution < -0.4 is 0 Å². The van der Waals surface area contributed by atoms with E-state index in [4.69, 9.17) is 9.47 Å². The lowest BCUT2D eigenvalue weighted by atomic mass is 9.79. The molecule has 0 amide bonds. The van der Waals surface area contributed by atoms with E-state index in [0.717, 1.165) is 18.8 Å². The van der Waals surface area contributed by atoms with Crippen molar-refractivity contribution in [2.45, 2.75) is 45.8 Å². The summed E-state index contributed by atoms with van der Waals surface area (Å²) < 4.78 is 11.8. The van der Waals surface area contributed by atoms with E-state index >= 15 is 0 Å². The minimum Gasteiger partial charge on any atom is -0.464 e. The van der Waals surface area contributed by atoms with Crippen molar-refractivity contribution in [2.75, 3.05) is 14.2 Å². The molecule has 1 aromatic heterocycles. The zero-order valence-corrected chi connectivity index (χ0v) is 12.6. The minimum atomic E-state index is -0.458. The van der Waals surface area contributed by atoms with Gasteiger partial charge in [0.15, 0.2) is 5.69 Å². The lowest BCUT2D eigenvalue weighted by Crippen LogP contribution is -2.25. The first-order chi connectivity index (χ1) is 9.58. The summed E-state index contributed by atoms with van der Waals surface area (Å²) in [5.41, 5.74) is 0.978. The molecule has 0 radical (unpaired) electrons. The summed E-state index contributed by atoms with van der Waals surface area (Å²) in [4.78, 5) is 11.7. The first-order valence-corrected chi connectivity index (χ1v) is 7.09.